The molecule has 0 bridgehead atoms. The summed E-state index contributed by atoms with van der Waals surface area (Å²) in [6.07, 6.45) is 1.78. The first-order valence-corrected chi connectivity index (χ1v) is 6.13. The van der Waals surface area contributed by atoms with Crippen molar-refractivity contribution in [2.75, 3.05) is 20.8 Å². The minimum atomic E-state index is 0.0565. The van der Waals surface area contributed by atoms with E-state index in [0.717, 1.165) is 11.3 Å². The maximum absolute atomic E-state index is 5.89. The molecule has 0 aliphatic carbocycles. The summed E-state index contributed by atoms with van der Waals surface area (Å²) in [5, 5.41) is 0. The average molecular weight is 258 g/mol. The minimum Gasteiger partial charge on any atom is -0.493 e. The van der Waals surface area contributed by atoms with Crippen molar-refractivity contribution in [1.29, 1.82) is 0 Å². The van der Waals surface area contributed by atoms with Crippen LogP contribution in [-0.4, -0.2) is 25.7 Å². The molecular formula is C15H18N2O2. The lowest BCUT2D eigenvalue weighted by Gasteiger charge is -2.16. The summed E-state index contributed by atoms with van der Waals surface area (Å²) in [6.45, 7) is 0.493. The van der Waals surface area contributed by atoms with Gasteiger partial charge in [0.25, 0.3) is 0 Å². The molecule has 1 aromatic carbocycles. The van der Waals surface area contributed by atoms with Crippen molar-refractivity contribution >= 4 is 0 Å². The van der Waals surface area contributed by atoms with E-state index in [9.17, 15) is 0 Å². The maximum atomic E-state index is 5.89. The number of aromatic nitrogens is 1. The first kappa shape index (κ1) is 13.4. The van der Waals surface area contributed by atoms with E-state index in [4.69, 9.17) is 15.2 Å². The van der Waals surface area contributed by atoms with Gasteiger partial charge >= 0.3 is 0 Å². The maximum Gasteiger partial charge on any atom is 0.161 e. The lowest BCUT2D eigenvalue weighted by Crippen LogP contribution is -2.15. The van der Waals surface area contributed by atoms with Crippen LogP contribution in [0.4, 0.5) is 0 Å². The van der Waals surface area contributed by atoms with Crippen LogP contribution in [0.3, 0.4) is 0 Å². The van der Waals surface area contributed by atoms with E-state index >= 15 is 0 Å². The highest BCUT2D eigenvalue weighted by molar-refractivity contribution is 5.45. The van der Waals surface area contributed by atoms with Crippen LogP contribution in [0.25, 0.3) is 0 Å². The van der Waals surface area contributed by atoms with Gasteiger partial charge in [-0.3, -0.25) is 4.98 Å². The molecule has 0 fully saturated rings. The Bertz CT molecular complexity index is 529. The third kappa shape index (κ3) is 2.85. The lowest BCUT2D eigenvalue weighted by atomic mass is 9.95. The van der Waals surface area contributed by atoms with Crippen LogP contribution in [-0.2, 0) is 0 Å². The smallest absolute Gasteiger partial charge is 0.161 e. The highest BCUT2D eigenvalue weighted by Gasteiger charge is 2.15. The predicted octanol–water partition coefficient (Wildman–Crippen LogP) is 2.19. The molecule has 2 N–H and O–H groups in total. The van der Waals surface area contributed by atoms with Crippen LogP contribution in [0.2, 0.25) is 0 Å². The molecule has 0 saturated carbocycles. The predicted molar refractivity (Wildman–Crippen MR) is 74.7 cm³/mol. The van der Waals surface area contributed by atoms with Crippen LogP contribution < -0.4 is 15.2 Å². The van der Waals surface area contributed by atoms with Gasteiger partial charge in [0.15, 0.2) is 11.5 Å². The van der Waals surface area contributed by atoms with Gasteiger partial charge < -0.3 is 15.2 Å². The minimum absolute atomic E-state index is 0.0565. The molecule has 4 heteroatoms. The fourth-order valence-electron chi connectivity index (χ4n) is 2.08. The zero-order valence-electron chi connectivity index (χ0n) is 11.2. The number of hydrogen-bond acceptors (Lipinski definition) is 4. The molecule has 0 amide bonds. The highest BCUT2D eigenvalue weighted by Crippen LogP contribution is 2.32. The van der Waals surface area contributed by atoms with Crippen LogP contribution in [0.1, 0.15) is 17.2 Å². The van der Waals surface area contributed by atoms with Gasteiger partial charge in [-0.15, -0.1) is 0 Å². The second-order valence-electron chi connectivity index (χ2n) is 4.16. The zero-order valence-corrected chi connectivity index (χ0v) is 11.2. The molecule has 100 valence electrons. The molecule has 19 heavy (non-hydrogen) atoms. The number of methoxy groups -OCH3 is 2. The Hall–Kier alpha value is -2.07. The molecule has 0 aliphatic rings. The average Bonchev–Trinajstić information content (AvgIpc) is 2.49. The monoisotopic (exact) mass is 258 g/mol. The Labute approximate surface area is 113 Å². The number of pyridine rings is 1. The van der Waals surface area contributed by atoms with Gasteiger partial charge in [0.1, 0.15) is 0 Å². The Morgan fingerprint density at radius 1 is 1.11 bits per heavy atom. The molecule has 4 nitrogen and oxygen atoms in total. The van der Waals surface area contributed by atoms with E-state index in [1.54, 1.807) is 20.4 Å². The lowest BCUT2D eigenvalue weighted by molar-refractivity contribution is 0.354. The fourth-order valence-corrected chi connectivity index (χ4v) is 2.08. The summed E-state index contributed by atoms with van der Waals surface area (Å²) >= 11 is 0. The van der Waals surface area contributed by atoms with Gasteiger partial charge in [-0.2, -0.15) is 0 Å². The molecule has 0 aliphatic heterocycles. The summed E-state index contributed by atoms with van der Waals surface area (Å²) in [5.41, 5.74) is 7.91. The van der Waals surface area contributed by atoms with Crippen molar-refractivity contribution in [3.63, 3.8) is 0 Å². The summed E-state index contributed by atoms with van der Waals surface area (Å²) < 4.78 is 10.6. The van der Waals surface area contributed by atoms with Crippen LogP contribution >= 0.6 is 0 Å². The molecule has 0 saturated heterocycles. The number of ether oxygens (including phenoxy) is 2. The normalized spacial score (nSPS) is 11.9. The number of nitrogens with zero attached hydrogens (tertiary/aromatic N) is 1. The van der Waals surface area contributed by atoms with Crippen molar-refractivity contribution in [3.05, 3.63) is 53.9 Å². The number of hydrogen-bond donors (Lipinski definition) is 1. The Balaban J connectivity index is 2.39. The van der Waals surface area contributed by atoms with Crippen molar-refractivity contribution in [2.45, 2.75) is 5.92 Å². The van der Waals surface area contributed by atoms with Crippen molar-refractivity contribution in [3.8, 4) is 11.5 Å². The molecule has 0 radical (unpaired) electrons. The van der Waals surface area contributed by atoms with E-state index < -0.39 is 0 Å². The van der Waals surface area contributed by atoms with Gasteiger partial charge in [-0.05, 0) is 29.8 Å². The third-order valence-corrected chi connectivity index (χ3v) is 3.09. The van der Waals surface area contributed by atoms with E-state index in [-0.39, 0.29) is 5.92 Å². The van der Waals surface area contributed by atoms with Gasteiger partial charge in [-0.1, -0.05) is 12.1 Å². The number of benzene rings is 1. The molecule has 2 rings (SSSR count). The van der Waals surface area contributed by atoms with E-state index in [1.807, 2.05) is 36.4 Å². The molecular weight excluding hydrogens is 240 g/mol. The summed E-state index contributed by atoms with van der Waals surface area (Å²) in [7, 11) is 3.25. The van der Waals surface area contributed by atoms with Gasteiger partial charge in [0.05, 0.1) is 14.2 Å². The molecule has 1 atom stereocenters. The van der Waals surface area contributed by atoms with Crippen LogP contribution in [0.5, 0.6) is 11.5 Å². The summed E-state index contributed by atoms with van der Waals surface area (Å²) in [6, 6.07) is 11.7. The van der Waals surface area contributed by atoms with E-state index in [1.165, 1.54) is 0 Å². The standard InChI is InChI=1S/C15H18N2O2/c1-18-14-7-6-11(9-15(14)19-2)12(10-16)13-5-3-4-8-17-13/h3-9,12H,10,16H2,1-2H3. The quantitative estimate of drug-likeness (QED) is 0.893. The number of nitrogens with two attached hydrogens (primary N) is 1. The topological polar surface area (TPSA) is 57.4 Å². The Morgan fingerprint density at radius 2 is 1.89 bits per heavy atom. The summed E-state index contributed by atoms with van der Waals surface area (Å²) in [5.74, 6) is 1.47. The molecule has 1 unspecified atom stereocenters. The van der Waals surface area contributed by atoms with Crippen molar-refractivity contribution < 1.29 is 9.47 Å². The Morgan fingerprint density at radius 3 is 2.47 bits per heavy atom. The first-order chi connectivity index (χ1) is 9.30. The zero-order chi connectivity index (χ0) is 13.7. The molecule has 2 aromatic rings. The van der Waals surface area contributed by atoms with E-state index in [2.05, 4.69) is 4.98 Å². The SMILES string of the molecule is COc1ccc(C(CN)c2ccccn2)cc1OC. The van der Waals surface area contributed by atoms with Crippen molar-refractivity contribution in [1.82, 2.24) is 4.98 Å². The number of rotatable bonds is 5. The highest BCUT2D eigenvalue weighted by atomic mass is 16.5. The molecule has 1 heterocycles. The van der Waals surface area contributed by atoms with Gasteiger partial charge in [0, 0.05) is 24.4 Å². The van der Waals surface area contributed by atoms with Crippen LogP contribution in [0.15, 0.2) is 42.6 Å². The second kappa shape index (κ2) is 6.20. The fraction of sp³-hybridized carbons (Fsp3) is 0.267. The van der Waals surface area contributed by atoms with Gasteiger partial charge in [-0.25, -0.2) is 0 Å². The Kier molecular flexibility index (Phi) is 4.36. The van der Waals surface area contributed by atoms with Crippen LogP contribution in [0, 0.1) is 0 Å². The van der Waals surface area contributed by atoms with Crippen molar-refractivity contribution in [2.24, 2.45) is 5.73 Å². The largest absolute Gasteiger partial charge is 0.493 e. The molecule has 0 spiro atoms. The summed E-state index contributed by atoms with van der Waals surface area (Å²) in [4.78, 5) is 4.37. The van der Waals surface area contributed by atoms with Gasteiger partial charge in [0.2, 0.25) is 0 Å². The second-order valence-corrected chi connectivity index (χ2v) is 4.16. The third-order valence-electron chi connectivity index (χ3n) is 3.09. The van der Waals surface area contributed by atoms with E-state index in [0.29, 0.717) is 18.0 Å². The first-order valence-electron chi connectivity index (χ1n) is 6.13. The molecule has 1 aromatic heterocycles.